The number of likely N-dealkylation sites (tertiary alicyclic amines) is 1. The van der Waals surface area contributed by atoms with Gasteiger partial charge in [-0.1, -0.05) is 65.1 Å². The lowest BCUT2D eigenvalue weighted by atomic mass is 9.35. The monoisotopic (exact) mass is 1370 g/mol. The zero-order valence-corrected chi connectivity index (χ0v) is 60.1. The molecule has 9 aliphatic rings. The molecule has 97 heavy (non-hydrogen) atoms. The van der Waals surface area contributed by atoms with E-state index in [0.29, 0.717) is 99.0 Å². The fourth-order valence-corrected chi connectivity index (χ4v) is 24.0. The van der Waals surface area contributed by atoms with Crippen molar-refractivity contribution in [2.75, 3.05) is 102 Å². The zero-order chi connectivity index (χ0) is 68.5. The number of rotatable bonds is 18. The minimum Gasteiger partial charge on any atom is -0.468 e. The number of amides is 5. The number of piperidine rings is 1. The standard InChI is InChI=1S/C75H97ClF2N10O8Si/c1-47(2)97(48(3)4,49(5)6)34-21-56-60(77)16-12-51-35-55(95-46-93-10)37-57(63(51)56)65-64(78)66-58(38-79-65)67(86-39-53-13-14-54(40-86)88(53)71(92)96-72(7,8)9)82-69(81-66)94-45-75-41-74(42-75,43-75)44-84-32-30-83(31-33-84)26-19-50-17-22-73(23-18-50)24-28-85(29-25-73)68(90)52-11-15-59(76)61(36-52)87-27-20-62(89)80-70(87)91/h11-12,15-16,35-38,47-50,53-54H,13-14,17-20,22-33,39-46H2,1-10H3,(H,80,89,91). The van der Waals surface area contributed by atoms with Gasteiger partial charge < -0.3 is 38.5 Å². The van der Waals surface area contributed by atoms with E-state index in [0.717, 1.165) is 90.1 Å². The smallest absolute Gasteiger partial charge is 0.410 e. The van der Waals surface area contributed by atoms with Crippen molar-refractivity contribution >= 4 is 76.8 Å². The normalized spacial score (nSPS) is 23.9. The number of ether oxygens (including phenoxy) is 4. The Balaban J connectivity index is 0.656. The number of piperazine rings is 2. The summed E-state index contributed by atoms with van der Waals surface area (Å²) >= 11 is 6.49. The fraction of sp³-hybridized carbons (Fsp3) is 0.613. The van der Waals surface area contributed by atoms with E-state index in [4.69, 9.17) is 45.5 Å². The Morgan fingerprint density at radius 1 is 0.814 bits per heavy atom. The summed E-state index contributed by atoms with van der Waals surface area (Å²) in [7, 11) is -0.822. The van der Waals surface area contributed by atoms with Crippen LogP contribution in [0.5, 0.6) is 11.8 Å². The van der Waals surface area contributed by atoms with Crippen LogP contribution in [0.25, 0.3) is 32.9 Å². The molecular formula is C75H97ClF2N10O8Si. The minimum absolute atomic E-state index is 0.0148. The van der Waals surface area contributed by atoms with Gasteiger partial charge in [0, 0.05) is 107 Å². The van der Waals surface area contributed by atoms with E-state index in [1.165, 1.54) is 50.2 Å². The van der Waals surface area contributed by atoms with Gasteiger partial charge in [0.25, 0.3) is 5.91 Å². The third-order valence-electron chi connectivity index (χ3n) is 23.4. The van der Waals surface area contributed by atoms with Crippen LogP contribution in [0.2, 0.25) is 21.6 Å². The molecule has 5 saturated heterocycles. The highest BCUT2D eigenvalue weighted by molar-refractivity contribution is 6.90. The molecule has 1 N–H and O–H groups in total. The number of hydrogen-bond donors (Lipinski definition) is 1. The summed E-state index contributed by atoms with van der Waals surface area (Å²) in [4.78, 5) is 79.4. The number of imide groups is 1. The maximum absolute atomic E-state index is 18.3. The first kappa shape index (κ1) is 68.8. The molecule has 1 spiro atoms. The van der Waals surface area contributed by atoms with Gasteiger partial charge >= 0.3 is 18.1 Å². The van der Waals surface area contributed by atoms with E-state index in [1.54, 1.807) is 42.6 Å². The van der Waals surface area contributed by atoms with Crippen molar-refractivity contribution in [2.24, 2.45) is 22.2 Å². The second-order valence-electron chi connectivity index (χ2n) is 31.8. The first-order valence-electron chi connectivity index (χ1n) is 35.6. The molecule has 2 aromatic heterocycles. The van der Waals surface area contributed by atoms with Crippen LogP contribution < -0.4 is 24.6 Å². The third kappa shape index (κ3) is 13.6. The molecule has 2 unspecified atom stereocenters. The predicted octanol–water partition coefficient (Wildman–Crippen LogP) is 14.0. The van der Waals surface area contributed by atoms with Crippen molar-refractivity contribution in [3.8, 4) is 34.5 Å². The molecule has 3 aromatic carbocycles. The Morgan fingerprint density at radius 2 is 1.49 bits per heavy atom. The average Bonchev–Trinajstić information content (AvgIpc) is 0.948. The maximum atomic E-state index is 18.3. The zero-order valence-electron chi connectivity index (χ0n) is 58.4. The van der Waals surface area contributed by atoms with Crippen LogP contribution >= 0.6 is 11.6 Å². The Hall–Kier alpha value is -6.70. The molecule has 4 bridgehead atoms. The highest BCUT2D eigenvalue weighted by atomic mass is 35.5. The second kappa shape index (κ2) is 27.1. The largest absolute Gasteiger partial charge is 0.468 e. The molecule has 5 amide bonds. The van der Waals surface area contributed by atoms with Crippen LogP contribution in [0.1, 0.15) is 162 Å². The third-order valence-corrected chi connectivity index (χ3v) is 30.0. The average molecular weight is 1370 g/mol. The summed E-state index contributed by atoms with van der Waals surface area (Å²) in [6, 6.07) is 10.9. The quantitative estimate of drug-likeness (QED) is 0.0498. The molecule has 5 aromatic rings. The predicted molar refractivity (Wildman–Crippen MR) is 376 cm³/mol. The molecule has 18 nitrogen and oxygen atoms in total. The molecule has 4 aliphatic carbocycles. The van der Waals surface area contributed by atoms with Gasteiger partial charge in [-0.15, -0.1) is 5.54 Å². The molecule has 2 atom stereocenters. The van der Waals surface area contributed by atoms with Crippen LogP contribution in [-0.2, 0) is 14.3 Å². The number of nitrogens with zero attached hydrogens (tertiary/aromatic N) is 9. The molecule has 9 fully saturated rings. The lowest BCUT2D eigenvalue weighted by Gasteiger charge is -2.71. The van der Waals surface area contributed by atoms with Gasteiger partial charge in [0.15, 0.2) is 12.6 Å². The van der Waals surface area contributed by atoms with Gasteiger partial charge in [0.1, 0.15) is 42.3 Å². The van der Waals surface area contributed by atoms with E-state index < -0.39 is 31.3 Å². The first-order valence-corrected chi connectivity index (χ1v) is 38.2. The van der Waals surface area contributed by atoms with Crippen LogP contribution in [0.3, 0.4) is 0 Å². The molecule has 7 heterocycles. The van der Waals surface area contributed by atoms with Crippen molar-refractivity contribution in [2.45, 2.75) is 180 Å². The number of nitrogens with one attached hydrogen (secondary N) is 1. The van der Waals surface area contributed by atoms with Crippen molar-refractivity contribution in [1.82, 2.24) is 39.9 Å². The number of benzene rings is 3. The summed E-state index contributed by atoms with van der Waals surface area (Å²) in [6.07, 6.45) is 14.3. The Labute approximate surface area is 576 Å². The van der Waals surface area contributed by atoms with Gasteiger partial charge in [0.05, 0.1) is 40.4 Å². The van der Waals surface area contributed by atoms with Gasteiger partial charge in [-0.25, -0.2) is 18.4 Å². The number of fused-ring (bicyclic) bond motifs is 4. The molecule has 14 rings (SSSR count). The lowest BCUT2D eigenvalue weighted by molar-refractivity contribution is -0.229. The fourth-order valence-electron chi connectivity index (χ4n) is 18.6. The lowest BCUT2D eigenvalue weighted by Crippen LogP contribution is -2.68. The molecule has 5 aliphatic heterocycles. The SMILES string of the molecule is COCOc1cc(-c2ncc3c(N4CC5CCC(C4)N5C(=O)OC(C)(C)C)nc(OCC45CC(CN6CCN(CCC7CCC8(CC7)CCN(C(=O)c7ccc(Cl)c(N9CCC(=O)NC9=O)c7)CC8)CC6)(C4)C5)nc3c2F)c2c(C#C[Si](C(C)C)(C(C)C)C(C)C)c(F)ccc2c1. The van der Waals surface area contributed by atoms with Crippen molar-refractivity contribution in [3.63, 3.8) is 0 Å². The highest BCUT2D eigenvalue weighted by Crippen LogP contribution is 2.73. The summed E-state index contributed by atoms with van der Waals surface area (Å²) in [5, 5.41) is 4.15. The van der Waals surface area contributed by atoms with Crippen LogP contribution in [-0.4, -0.2) is 177 Å². The number of carbonyl (C=O) groups is 4. The second-order valence-corrected chi connectivity index (χ2v) is 37.7. The van der Waals surface area contributed by atoms with Gasteiger partial charge in [-0.2, -0.15) is 9.97 Å². The molecule has 4 saturated carbocycles. The summed E-state index contributed by atoms with van der Waals surface area (Å²) in [6.45, 7) is 28.3. The van der Waals surface area contributed by atoms with Crippen molar-refractivity contribution in [3.05, 3.63) is 76.4 Å². The van der Waals surface area contributed by atoms with E-state index in [-0.39, 0.29) is 88.8 Å². The van der Waals surface area contributed by atoms with E-state index >= 15 is 8.78 Å². The summed E-state index contributed by atoms with van der Waals surface area (Å²) in [5.41, 5.74) is 5.92. The van der Waals surface area contributed by atoms with E-state index in [1.807, 2.05) is 30.6 Å². The van der Waals surface area contributed by atoms with E-state index in [2.05, 4.69) is 73.0 Å². The molecule has 22 heteroatoms. The van der Waals surface area contributed by atoms with Crippen LogP contribution in [0, 0.1) is 45.3 Å². The molecule has 0 radical (unpaired) electrons. The van der Waals surface area contributed by atoms with Crippen molar-refractivity contribution in [1.29, 1.82) is 0 Å². The van der Waals surface area contributed by atoms with Crippen LogP contribution in [0.15, 0.2) is 48.7 Å². The number of pyridine rings is 1. The number of halogens is 3. The maximum Gasteiger partial charge on any atom is 0.410 e. The Kier molecular flexibility index (Phi) is 19.2. The highest BCUT2D eigenvalue weighted by Gasteiger charge is 2.68. The van der Waals surface area contributed by atoms with Gasteiger partial charge in [0.2, 0.25) is 5.91 Å². The summed E-state index contributed by atoms with van der Waals surface area (Å²) in [5.74, 6) is 3.41. The number of anilines is 2. The summed E-state index contributed by atoms with van der Waals surface area (Å²) < 4.78 is 58.8. The first-order chi connectivity index (χ1) is 46.3. The van der Waals surface area contributed by atoms with Crippen LogP contribution in [0.4, 0.5) is 29.9 Å². The molecule has 520 valence electrons. The Morgan fingerprint density at radius 3 is 2.14 bits per heavy atom. The molecular weight excluding hydrogens is 1270 g/mol. The van der Waals surface area contributed by atoms with E-state index in [9.17, 15) is 19.2 Å². The topological polar surface area (TPSA) is 175 Å². The van der Waals surface area contributed by atoms with Crippen molar-refractivity contribution < 1.29 is 46.9 Å². The minimum atomic E-state index is -2.35. The number of hydrogen-bond acceptors (Lipinski definition) is 14. The Bertz CT molecular complexity index is 3870. The number of methoxy groups -OCH3 is 1. The number of urea groups is 1. The number of carbonyl (C=O) groups excluding carboxylic acids is 4. The number of aromatic nitrogens is 3. The van der Waals surface area contributed by atoms with Gasteiger partial charge in [-0.05, 0) is 180 Å². The van der Waals surface area contributed by atoms with Gasteiger partial charge in [-0.3, -0.25) is 29.7 Å².